The third-order valence-corrected chi connectivity index (χ3v) is 2.60. The molecular weight excluding hydrogens is 223 g/mol. The molecule has 1 N–H and O–H groups in total. The Morgan fingerprint density at radius 2 is 2.14 bits per heavy atom. The van der Waals surface area contributed by atoms with E-state index in [9.17, 15) is 4.79 Å². The smallest absolute Gasteiger partial charge is 0.322 e. The average molecular weight is 231 g/mol. The summed E-state index contributed by atoms with van der Waals surface area (Å²) in [6, 6.07) is 4.97. The van der Waals surface area contributed by atoms with E-state index in [4.69, 9.17) is 23.2 Å². The summed E-state index contributed by atoms with van der Waals surface area (Å²) >= 11 is 11.7. The summed E-state index contributed by atoms with van der Waals surface area (Å²) in [5, 5.41) is 3.77. The second-order valence-electron chi connectivity index (χ2n) is 2.98. The van der Waals surface area contributed by atoms with Crippen molar-refractivity contribution in [3.63, 3.8) is 0 Å². The number of nitrogens with zero attached hydrogens (tertiary/aromatic N) is 1. The third-order valence-electron chi connectivity index (χ3n) is 2.06. The van der Waals surface area contributed by atoms with Crippen LogP contribution in [-0.4, -0.2) is 19.1 Å². The molecule has 0 saturated carbocycles. The molecule has 1 saturated heterocycles. The van der Waals surface area contributed by atoms with Crippen LogP contribution in [0.25, 0.3) is 0 Å². The van der Waals surface area contributed by atoms with E-state index in [0.717, 1.165) is 0 Å². The van der Waals surface area contributed by atoms with E-state index >= 15 is 0 Å². The van der Waals surface area contributed by atoms with Gasteiger partial charge >= 0.3 is 6.03 Å². The molecule has 1 fully saturated rings. The lowest BCUT2D eigenvalue weighted by Crippen LogP contribution is -2.27. The summed E-state index contributed by atoms with van der Waals surface area (Å²) in [6.07, 6.45) is 0. The lowest BCUT2D eigenvalue weighted by molar-refractivity contribution is 0.252. The number of anilines is 1. The van der Waals surface area contributed by atoms with Gasteiger partial charge in [-0.1, -0.05) is 23.2 Å². The van der Waals surface area contributed by atoms with Gasteiger partial charge in [-0.2, -0.15) is 0 Å². The normalized spacial score (nSPS) is 15.9. The Morgan fingerprint density at radius 1 is 1.36 bits per heavy atom. The highest BCUT2D eigenvalue weighted by Crippen LogP contribution is 2.29. The van der Waals surface area contributed by atoms with Crippen molar-refractivity contribution in [3.8, 4) is 0 Å². The topological polar surface area (TPSA) is 32.3 Å². The summed E-state index contributed by atoms with van der Waals surface area (Å²) in [5.74, 6) is 0. The van der Waals surface area contributed by atoms with Crippen molar-refractivity contribution in [2.45, 2.75) is 0 Å². The maximum absolute atomic E-state index is 11.3. The molecule has 0 spiro atoms. The van der Waals surface area contributed by atoms with Crippen molar-refractivity contribution >= 4 is 34.9 Å². The quantitative estimate of drug-likeness (QED) is 0.791. The number of halogens is 2. The molecule has 5 heteroatoms. The number of amides is 2. The summed E-state index contributed by atoms with van der Waals surface area (Å²) in [4.78, 5) is 12.9. The molecule has 0 unspecified atom stereocenters. The standard InChI is InChI=1S/C9H8Cl2N2O/c10-6-1-2-8(7(11)5-6)13-4-3-12-9(13)14/h1-2,5H,3-4H2,(H,12,14). The summed E-state index contributed by atoms with van der Waals surface area (Å²) in [7, 11) is 0. The number of hydrogen-bond donors (Lipinski definition) is 1. The van der Waals surface area contributed by atoms with E-state index in [1.165, 1.54) is 0 Å². The maximum Gasteiger partial charge on any atom is 0.322 e. The number of benzene rings is 1. The van der Waals surface area contributed by atoms with Gasteiger partial charge in [-0.05, 0) is 18.2 Å². The Labute approximate surface area is 91.6 Å². The molecule has 1 aromatic carbocycles. The predicted octanol–water partition coefficient (Wildman–Crippen LogP) is 2.52. The highest BCUT2D eigenvalue weighted by atomic mass is 35.5. The minimum Gasteiger partial charge on any atom is -0.336 e. The fraction of sp³-hybridized carbons (Fsp3) is 0.222. The molecule has 2 amide bonds. The van der Waals surface area contributed by atoms with Gasteiger partial charge in [-0.3, -0.25) is 4.90 Å². The van der Waals surface area contributed by atoms with Crippen LogP contribution in [0, 0.1) is 0 Å². The molecule has 1 aliphatic heterocycles. The van der Waals surface area contributed by atoms with Crippen molar-refractivity contribution in [1.82, 2.24) is 5.32 Å². The van der Waals surface area contributed by atoms with E-state index in [-0.39, 0.29) is 6.03 Å². The molecule has 0 aliphatic carbocycles. The van der Waals surface area contributed by atoms with Gasteiger partial charge in [0.25, 0.3) is 0 Å². The lowest BCUT2D eigenvalue weighted by Gasteiger charge is -2.15. The van der Waals surface area contributed by atoms with Crippen LogP contribution in [-0.2, 0) is 0 Å². The van der Waals surface area contributed by atoms with Crippen LogP contribution in [0.5, 0.6) is 0 Å². The van der Waals surface area contributed by atoms with Crippen LogP contribution in [0.15, 0.2) is 18.2 Å². The Balaban J connectivity index is 2.36. The van der Waals surface area contributed by atoms with Crippen molar-refractivity contribution < 1.29 is 4.79 Å². The fourth-order valence-electron chi connectivity index (χ4n) is 1.40. The van der Waals surface area contributed by atoms with Gasteiger partial charge in [0.15, 0.2) is 0 Å². The van der Waals surface area contributed by atoms with Crippen LogP contribution in [0.4, 0.5) is 10.5 Å². The first kappa shape index (κ1) is 9.62. The van der Waals surface area contributed by atoms with Crippen molar-refractivity contribution in [1.29, 1.82) is 0 Å². The molecule has 0 aromatic heterocycles. The number of carbonyl (C=O) groups is 1. The molecule has 1 aromatic rings. The molecule has 1 heterocycles. The largest absolute Gasteiger partial charge is 0.336 e. The number of urea groups is 1. The molecule has 3 nitrogen and oxygen atoms in total. The number of nitrogens with one attached hydrogen (secondary N) is 1. The van der Waals surface area contributed by atoms with Crippen molar-refractivity contribution in [3.05, 3.63) is 28.2 Å². The second kappa shape index (κ2) is 3.67. The SMILES string of the molecule is O=C1NCCN1c1ccc(Cl)cc1Cl. The fourth-order valence-corrected chi connectivity index (χ4v) is 1.91. The van der Waals surface area contributed by atoms with Gasteiger partial charge in [0, 0.05) is 18.1 Å². The third kappa shape index (κ3) is 1.65. The zero-order chi connectivity index (χ0) is 10.1. The van der Waals surface area contributed by atoms with Crippen LogP contribution >= 0.6 is 23.2 Å². The monoisotopic (exact) mass is 230 g/mol. The minimum atomic E-state index is -0.116. The minimum absolute atomic E-state index is 0.116. The highest BCUT2D eigenvalue weighted by molar-refractivity contribution is 6.36. The Kier molecular flexibility index (Phi) is 2.52. The van der Waals surface area contributed by atoms with Gasteiger partial charge < -0.3 is 5.32 Å². The van der Waals surface area contributed by atoms with Crippen LogP contribution < -0.4 is 10.2 Å². The molecule has 14 heavy (non-hydrogen) atoms. The zero-order valence-corrected chi connectivity index (χ0v) is 8.77. The lowest BCUT2D eigenvalue weighted by atomic mass is 10.3. The molecule has 1 aliphatic rings. The number of carbonyl (C=O) groups excluding carboxylic acids is 1. The van der Waals surface area contributed by atoms with E-state index in [1.807, 2.05) is 0 Å². The second-order valence-corrected chi connectivity index (χ2v) is 3.82. The van der Waals surface area contributed by atoms with Gasteiger partial charge in [0.05, 0.1) is 10.7 Å². The van der Waals surface area contributed by atoms with E-state index in [2.05, 4.69) is 5.32 Å². The predicted molar refractivity (Wildman–Crippen MR) is 57.2 cm³/mol. The number of hydrogen-bond acceptors (Lipinski definition) is 1. The zero-order valence-electron chi connectivity index (χ0n) is 7.26. The molecule has 0 radical (unpaired) electrons. The average Bonchev–Trinajstić information content (AvgIpc) is 2.52. The first-order valence-electron chi connectivity index (χ1n) is 4.19. The summed E-state index contributed by atoms with van der Waals surface area (Å²) < 4.78 is 0. The van der Waals surface area contributed by atoms with Gasteiger partial charge in [-0.25, -0.2) is 4.79 Å². The summed E-state index contributed by atoms with van der Waals surface area (Å²) in [5.41, 5.74) is 0.700. The molecule has 74 valence electrons. The van der Waals surface area contributed by atoms with Crippen molar-refractivity contribution in [2.24, 2.45) is 0 Å². The van der Waals surface area contributed by atoms with Gasteiger partial charge in [0.1, 0.15) is 0 Å². The van der Waals surface area contributed by atoms with Gasteiger partial charge in [-0.15, -0.1) is 0 Å². The Morgan fingerprint density at radius 3 is 2.71 bits per heavy atom. The first-order valence-corrected chi connectivity index (χ1v) is 4.94. The van der Waals surface area contributed by atoms with Crippen LogP contribution in [0.1, 0.15) is 0 Å². The van der Waals surface area contributed by atoms with Crippen LogP contribution in [0.3, 0.4) is 0 Å². The van der Waals surface area contributed by atoms with Gasteiger partial charge in [0.2, 0.25) is 0 Å². The Hall–Kier alpha value is -0.930. The summed E-state index contributed by atoms with van der Waals surface area (Å²) in [6.45, 7) is 1.29. The van der Waals surface area contributed by atoms with E-state index in [1.54, 1.807) is 23.1 Å². The number of rotatable bonds is 1. The Bertz CT molecular complexity index is 381. The molecule has 0 bridgehead atoms. The molecule has 0 atom stereocenters. The van der Waals surface area contributed by atoms with E-state index in [0.29, 0.717) is 28.8 Å². The maximum atomic E-state index is 11.3. The molecule has 2 rings (SSSR count). The first-order chi connectivity index (χ1) is 6.68. The van der Waals surface area contributed by atoms with Crippen molar-refractivity contribution in [2.75, 3.05) is 18.0 Å². The van der Waals surface area contributed by atoms with Crippen LogP contribution in [0.2, 0.25) is 10.0 Å². The van der Waals surface area contributed by atoms with E-state index < -0.39 is 0 Å². The molecular formula is C9H8Cl2N2O. The highest BCUT2D eigenvalue weighted by Gasteiger charge is 2.22.